The number of aromatic nitrogens is 1. The highest BCUT2D eigenvalue weighted by molar-refractivity contribution is 7.07. The molecule has 0 aliphatic carbocycles. The van der Waals surface area contributed by atoms with Gasteiger partial charge in [0.05, 0.1) is 42.2 Å². The molecule has 2 heterocycles. The van der Waals surface area contributed by atoms with Gasteiger partial charge in [0.2, 0.25) is 0 Å². The number of hydrogen-bond acceptors (Lipinski definition) is 8. The van der Waals surface area contributed by atoms with E-state index in [9.17, 15) is 9.59 Å². The third-order valence-electron chi connectivity index (χ3n) is 5.88. The van der Waals surface area contributed by atoms with Crippen LogP contribution in [-0.4, -0.2) is 37.5 Å². The van der Waals surface area contributed by atoms with Gasteiger partial charge in [-0.25, -0.2) is 9.79 Å². The minimum atomic E-state index is -0.759. The fourth-order valence-electron chi connectivity index (χ4n) is 4.26. The van der Waals surface area contributed by atoms with E-state index in [-0.39, 0.29) is 12.2 Å². The van der Waals surface area contributed by atoms with Crippen LogP contribution in [0, 0.1) is 0 Å². The number of fused-ring (bicyclic) bond motifs is 1. The number of carbonyl (C=O) groups is 1. The second-order valence-corrected chi connectivity index (χ2v) is 9.29. The van der Waals surface area contributed by atoms with Gasteiger partial charge in [-0.2, -0.15) is 0 Å². The zero-order chi connectivity index (χ0) is 27.2. The van der Waals surface area contributed by atoms with Crippen LogP contribution in [0.3, 0.4) is 0 Å². The molecule has 0 saturated carbocycles. The van der Waals surface area contributed by atoms with Crippen LogP contribution in [0.15, 0.2) is 76.2 Å². The Morgan fingerprint density at radius 1 is 1.11 bits per heavy atom. The van der Waals surface area contributed by atoms with Crippen molar-refractivity contribution in [2.24, 2.45) is 4.99 Å². The lowest BCUT2D eigenvalue weighted by molar-refractivity contribution is -0.139. The third-order valence-corrected chi connectivity index (χ3v) is 6.87. The highest BCUT2D eigenvalue weighted by Crippen LogP contribution is 2.36. The average Bonchev–Trinajstić information content (AvgIpc) is 3.21. The molecule has 38 heavy (non-hydrogen) atoms. The van der Waals surface area contributed by atoms with Crippen molar-refractivity contribution in [1.29, 1.82) is 0 Å². The summed E-state index contributed by atoms with van der Waals surface area (Å²) in [6, 6.07) is 12.1. The van der Waals surface area contributed by atoms with E-state index in [4.69, 9.17) is 18.9 Å². The monoisotopic (exact) mass is 534 g/mol. The van der Waals surface area contributed by atoms with Gasteiger partial charge in [-0.1, -0.05) is 48.3 Å². The van der Waals surface area contributed by atoms with Gasteiger partial charge in [0.25, 0.3) is 5.56 Å². The molecule has 8 nitrogen and oxygen atoms in total. The van der Waals surface area contributed by atoms with E-state index in [2.05, 4.69) is 11.6 Å². The van der Waals surface area contributed by atoms with Gasteiger partial charge in [0, 0.05) is 5.56 Å². The molecular formula is C29H30N2O6S. The van der Waals surface area contributed by atoms with Crippen LogP contribution < -0.4 is 29.1 Å². The predicted molar refractivity (Wildman–Crippen MR) is 147 cm³/mol. The molecule has 198 valence electrons. The molecular weight excluding hydrogens is 504 g/mol. The van der Waals surface area contributed by atoms with Crippen LogP contribution in [0.5, 0.6) is 17.2 Å². The van der Waals surface area contributed by atoms with E-state index < -0.39 is 12.0 Å². The van der Waals surface area contributed by atoms with E-state index in [1.807, 2.05) is 37.3 Å². The summed E-state index contributed by atoms with van der Waals surface area (Å²) in [5.41, 5.74) is 1.94. The summed E-state index contributed by atoms with van der Waals surface area (Å²) < 4.78 is 24.4. The van der Waals surface area contributed by atoms with Crippen molar-refractivity contribution in [3.05, 3.63) is 97.2 Å². The molecule has 0 amide bonds. The normalized spacial score (nSPS) is 14.9. The maximum absolute atomic E-state index is 13.9. The van der Waals surface area contributed by atoms with Gasteiger partial charge in [-0.05, 0) is 50.6 Å². The van der Waals surface area contributed by atoms with Crippen LogP contribution in [-0.2, 0) is 9.53 Å². The van der Waals surface area contributed by atoms with Crippen molar-refractivity contribution in [3.63, 3.8) is 0 Å². The van der Waals surface area contributed by atoms with E-state index in [0.29, 0.717) is 56.6 Å². The first-order valence-corrected chi connectivity index (χ1v) is 13.1. The summed E-state index contributed by atoms with van der Waals surface area (Å²) in [5.74, 6) is 1.18. The molecule has 3 aromatic rings. The summed E-state index contributed by atoms with van der Waals surface area (Å²) >= 11 is 1.25. The van der Waals surface area contributed by atoms with E-state index in [0.717, 1.165) is 5.56 Å². The zero-order valence-electron chi connectivity index (χ0n) is 21.9. The molecule has 0 fully saturated rings. The van der Waals surface area contributed by atoms with Crippen molar-refractivity contribution in [3.8, 4) is 17.2 Å². The predicted octanol–water partition coefficient (Wildman–Crippen LogP) is 3.77. The molecule has 1 aliphatic rings. The van der Waals surface area contributed by atoms with Crippen LogP contribution in [0.1, 0.15) is 37.9 Å². The second kappa shape index (κ2) is 12.0. The van der Waals surface area contributed by atoms with Crippen LogP contribution >= 0.6 is 11.3 Å². The first-order chi connectivity index (χ1) is 18.4. The topological polar surface area (TPSA) is 88.3 Å². The number of para-hydroxylation sites is 1. The molecule has 1 aromatic heterocycles. The van der Waals surface area contributed by atoms with Crippen molar-refractivity contribution < 1.29 is 23.7 Å². The number of hydrogen-bond donors (Lipinski definition) is 0. The maximum atomic E-state index is 13.9. The molecule has 0 radical (unpaired) electrons. The third kappa shape index (κ3) is 5.28. The average molecular weight is 535 g/mol. The van der Waals surface area contributed by atoms with E-state index >= 15 is 0 Å². The summed E-state index contributed by atoms with van der Waals surface area (Å²) in [4.78, 5) is 32.2. The number of esters is 1. The molecule has 0 bridgehead atoms. The van der Waals surface area contributed by atoms with Crippen molar-refractivity contribution >= 4 is 23.4 Å². The summed E-state index contributed by atoms with van der Waals surface area (Å²) in [6.07, 6.45) is 3.44. The number of carbonyl (C=O) groups excluding carboxylic acids is 1. The Kier molecular flexibility index (Phi) is 8.48. The minimum Gasteiger partial charge on any atom is -0.493 e. The fourth-order valence-corrected chi connectivity index (χ4v) is 5.30. The number of benzene rings is 2. The minimum absolute atomic E-state index is 0.195. The lowest BCUT2D eigenvalue weighted by Gasteiger charge is -2.25. The Hall–Kier alpha value is -4.11. The SMILES string of the molecule is C=CCOc1ccccc1C=c1sc2n(c1=O)C(c1ccc(OC)c(OCC)c1)C(C(=O)OCC)=C(C)N=2. The fraction of sp³-hybridized carbons (Fsp3) is 0.276. The second-order valence-electron chi connectivity index (χ2n) is 8.28. The first kappa shape index (κ1) is 26.9. The number of allylic oxidation sites excluding steroid dienone is 1. The Balaban J connectivity index is 1.95. The Bertz CT molecular complexity index is 1570. The summed E-state index contributed by atoms with van der Waals surface area (Å²) in [6.45, 7) is 10.0. The Morgan fingerprint density at radius 2 is 1.89 bits per heavy atom. The molecule has 0 N–H and O–H groups in total. The molecule has 4 rings (SSSR count). The first-order valence-electron chi connectivity index (χ1n) is 12.3. The van der Waals surface area contributed by atoms with Gasteiger partial charge in [0.1, 0.15) is 12.4 Å². The molecule has 0 saturated heterocycles. The van der Waals surface area contributed by atoms with Crippen LogP contribution in [0.4, 0.5) is 0 Å². The molecule has 2 aromatic carbocycles. The van der Waals surface area contributed by atoms with Crippen LogP contribution in [0.25, 0.3) is 6.08 Å². The van der Waals surface area contributed by atoms with Crippen molar-refractivity contribution in [1.82, 2.24) is 4.57 Å². The number of thiazole rings is 1. The van der Waals surface area contributed by atoms with Gasteiger partial charge >= 0.3 is 5.97 Å². The Morgan fingerprint density at radius 3 is 2.61 bits per heavy atom. The van der Waals surface area contributed by atoms with Gasteiger partial charge < -0.3 is 18.9 Å². The van der Waals surface area contributed by atoms with E-state index in [1.54, 1.807) is 49.8 Å². The zero-order valence-corrected chi connectivity index (χ0v) is 22.7. The number of ether oxygens (including phenoxy) is 4. The summed E-state index contributed by atoms with van der Waals surface area (Å²) in [7, 11) is 1.56. The highest BCUT2D eigenvalue weighted by atomic mass is 32.1. The highest BCUT2D eigenvalue weighted by Gasteiger charge is 2.34. The molecule has 1 aliphatic heterocycles. The lowest BCUT2D eigenvalue weighted by atomic mass is 9.95. The smallest absolute Gasteiger partial charge is 0.338 e. The van der Waals surface area contributed by atoms with Crippen LogP contribution in [0.2, 0.25) is 0 Å². The number of rotatable bonds is 10. The van der Waals surface area contributed by atoms with Gasteiger partial charge in [-0.15, -0.1) is 0 Å². The number of methoxy groups -OCH3 is 1. The van der Waals surface area contributed by atoms with Gasteiger partial charge in [0.15, 0.2) is 16.3 Å². The van der Waals surface area contributed by atoms with Crippen molar-refractivity contribution in [2.75, 3.05) is 26.9 Å². The molecule has 1 atom stereocenters. The molecule has 0 spiro atoms. The van der Waals surface area contributed by atoms with Gasteiger partial charge in [-0.3, -0.25) is 9.36 Å². The summed E-state index contributed by atoms with van der Waals surface area (Å²) in [5, 5.41) is 0. The Labute approximate surface area is 224 Å². The maximum Gasteiger partial charge on any atom is 0.338 e. The molecule has 9 heteroatoms. The quantitative estimate of drug-likeness (QED) is 0.291. The van der Waals surface area contributed by atoms with E-state index in [1.165, 1.54) is 11.3 Å². The number of nitrogens with zero attached hydrogens (tertiary/aromatic N) is 2. The lowest BCUT2D eigenvalue weighted by Crippen LogP contribution is -2.40. The largest absolute Gasteiger partial charge is 0.493 e. The molecule has 1 unspecified atom stereocenters. The standard InChI is InChI=1S/C29H30N2O6S/c1-6-15-37-21-12-10-9-11-19(21)17-24-27(32)31-26(20-13-14-22(34-5)23(16-20)35-7-2)25(28(33)36-8-3)18(4)30-29(31)38-24/h6,9-14,16-17,26H,1,7-8,15H2,2-5H3. The van der Waals surface area contributed by atoms with Crippen molar-refractivity contribution in [2.45, 2.75) is 26.8 Å².